The van der Waals surface area contributed by atoms with Crippen LogP contribution in [0.3, 0.4) is 0 Å². The predicted molar refractivity (Wildman–Crippen MR) is 124 cm³/mol. The summed E-state index contributed by atoms with van der Waals surface area (Å²) in [5.74, 6) is 0.104. The molecule has 28 heavy (non-hydrogen) atoms. The number of hydrogen-bond acceptors (Lipinski definition) is 7. The van der Waals surface area contributed by atoms with Crippen LogP contribution in [0.2, 0.25) is 15.4 Å². The van der Waals surface area contributed by atoms with E-state index in [-0.39, 0.29) is 26.7 Å². The topological polar surface area (TPSA) is 112 Å². The summed E-state index contributed by atoms with van der Waals surface area (Å²) >= 11 is 11.9. The fourth-order valence-electron chi connectivity index (χ4n) is 3.17. The van der Waals surface area contributed by atoms with E-state index in [2.05, 4.69) is 15.3 Å². The number of halogens is 2. The molecule has 0 fully saturated rings. The molecule has 0 radical (unpaired) electrons. The van der Waals surface area contributed by atoms with Crippen LogP contribution in [0.15, 0.2) is 35.4 Å². The van der Waals surface area contributed by atoms with E-state index in [1.54, 1.807) is 29.6 Å². The van der Waals surface area contributed by atoms with Crippen molar-refractivity contribution < 1.29 is 18.6 Å². The SMILES string of the molecule is BC(B)(B)C(O)(C(B)(B)O)S(=O)(=O)c1ccccc1Nc1nc(Cl)ncc1Cl. The predicted octanol–water partition coefficient (Wildman–Crippen LogP) is -3.13. The Kier molecular flexibility index (Phi) is 6.29. The highest BCUT2D eigenvalue weighted by molar-refractivity contribution is 7.93. The third-order valence-corrected chi connectivity index (χ3v) is 7.66. The molecule has 1 aromatic heterocycles. The Morgan fingerprint density at radius 3 is 2.14 bits per heavy atom. The summed E-state index contributed by atoms with van der Waals surface area (Å²) in [6, 6.07) is 5.95. The van der Waals surface area contributed by atoms with Crippen LogP contribution in [0.1, 0.15) is 0 Å². The fraction of sp³-hybridized carbons (Fsp3) is 0.231. The first-order valence-electron chi connectivity index (χ1n) is 8.36. The quantitative estimate of drug-likeness (QED) is 0.324. The van der Waals surface area contributed by atoms with Gasteiger partial charge >= 0.3 is 0 Å². The maximum absolute atomic E-state index is 13.6. The normalized spacial score (nSPS) is 15.0. The number of para-hydroxylation sites is 1. The maximum Gasteiger partial charge on any atom is 0.224 e. The highest BCUT2D eigenvalue weighted by Gasteiger charge is 2.60. The van der Waals surface area contributed by atoms with E-state index in [9.17, 15) is 18.6 Å². The van der Waals surface area contributed by atoms with Crippen molar-refractivity contribution in [1.82, 2.24) is 9.97 Å². The standard InChI is InChI=1S/C13H18B5Cl2N3O4S/c14-12(15,16)11(24,13(17,18)25)28(26,27)8-4-2-1-3-7(8)22-9-6(19)5-21-10(20)23-9/h1-5,24-25H,14-18H2,(H,21,22,23). The van der Waals surface area contributed by atoms with Crippen molar-refractivity contribution in [1.29, 1.82) is 0 Å². The van der Waals surface area contributed by atoms with Crippen molar-refractivity contribution in [3.63, 3.8) is 0 Å². The van der Waals surface area contributed by atoms with E-state index in [4.69, 9.17) is 23.2 Å². The molecule has 1 unspecified atom stereocenters. The molecular formula is C13H18B5Cl2N3O4S. The molecule has 144 valence electrons. The maximum atomic E-state index is 13.6. The highest BCUT2D eigenvalue weighted by Crippen LogP contribution is 2.45. The molecule has 2 aromatic rings. The first-order valence-corrected chi connectivity index (χ1v) is 10.6. The molecule has 2 rings (SSSR count). The van der Waals surface area contributed by atoms with E-state index < -0.39 is 25.3 Å². The number of sulfone groups is 1. The zero-order valence-corrected chi connectivity index (χ0v) is 18.5. The highest BCUT2D eigenvalue weighted by atomic mass is 35.5. The molecule has 0 spiro atoms. The first-order chi connectivity index (χ1) is 12.6. The third kappa shape index (κ3) is 3.95. The first kappa shape index (κ1) is 23.2. The monoisotopic (exact) mass is 437 g/mol. The summed E-state index contributed by atoms with van der Waals surface area (Å²) in [6.07, 6.45) is 1.28. The van der Waals surface area contributed by atoms with Gasteiger partial charge in [0.05, 0.1) is 40.3 Å². The second kappa shape index (κ2) is 7.61. The van der Waals surface area contributed by atoms with E-state index in [1.165, 1.54) is 40.1 Å². The van der Waals surface area contributed by atoms with Crippen LogP contribution in [0.5, 0.6) is 0 Å². The average molecular weight is 437 g/mol. The van der Waals surface area contributed by atoms with Gasteiger partial charge in [-0.25, -0.2) is 13.4 Å². The van der Waals surface area contributed by atoms with Crippen LogP contribution in [-0.4, -0.2) is 78.2 Å². The lowest BCUT2D eigenvalue weighted by molar-refractivity contribution is 0.00591. The van der Waals surface area contributed by atoms with Gasteiger partial charge in [-0.2, -0.15) is 4.98 Å². The Hall–Kier alpha value is -1.13. The van der Waals surface area contributed by atoms with Gasteiger partial charge in [0.15, 0.2) is 10.8 Å². The number of aliphatic hydroxyl groups is 2. The molecule has 0 aliphatic rings. The number of benzene rings is 1. The molecule has 15 heteroatoms. The van der Waals surface area contributed by atoms with Gasteiger partial charge in [-0.3, -0.25) is 0 Å². The molecule has 1 atom stereocenters. The van der Waals surface area contributed by atoms with Crippen molar-refractivity contribution in [3.8, 4) is 0 Å². The van der Waals surface area contributed by atoms with E-state index in [0.717, 1.165) is 0 Å². The van der Waals surface area contributed by atoms with Crippen molar-refractivity contribution >= 4 is 83.8 Å². The molecule has 0 saturated carbocycles. The van der Waals surface area contributed by atoms with Gasteiger partial charge < -0.3 is 15.5 Å². The molecule has 0 amide bonds. The fourth-order valence-corrected chi connectivity index (χ4v) is 5.89. The van der Waals surface area contributed by atoms with Crippen LogP contribution in [0.4, 0.5) is 11.5 Å². The lowest BCUT2D eigenvalue weighted by Crippen LogP contribution is -2.67. The van der Waals surface area contributed by atoms with Gasteiger partial charge in [0, 0.05) is 5.40 Å². The van der Waals surface area contributed by atoms with E-state index in [1.807, 2.05) is 0 Å². The van der Waals surface area contributed by atoms with E-state index in [0.29, 0.717) is 0 Å². The van der Waals surface area contributed by atoms with Gasteiger partial charge in [0.25, 0.3) is 0 Å². The minimum absolute atomic E-state index is 0.0741. The Morgan fingerprint density at radius 2 is 1.61 bits per heavy atom. The number of nitrogens with zero attached hydrogens (tertiary/aromatic N) is 2. The Balaban J connectivity index is 2.70. The zero-order chi connectivity index (χ0) is 21.5. The second-order valence-corrected chi connectivity index (χ2v) is 10.7. The molecule has 0 saturated heterocycles. The summed E-state index contributed by atoms with van der Waals surface area (Å²) in [5, 5.41) is 21.6. The van der Waals surface area contributed by atoms with Gasteiger partial charge in [-0.1, -0.05) is 28.8 Å². The smallest absolute Gasteiger partial charge is 0.224 e. The van der Waals surface area contributed by atoms with Crippen molar-refractivity contribution in [3.05, 3.63) is 40.8 Å². The molecular weight excluding hydrogens is 419 g/mol. The molecule has 0 aliphatic heterocycles. The number of anilines is 2. The molecule has 0 aliphatic carbocycles. The van der Waals surface area contributed by atoms with Crippen LogP contribution >= 0.6 is 23.2 Å². The summed E-state index contributed by atoms with van der Waals surface area (Å²) in [7, 11) is 2.67. The minimum Gasteiger partial charge on any atom is -0.404 e. The lowest BCUT2D eigenvalue weighted by Gasteiger charge is -2.48. The third-order valence-electron chi connectivity index (χ3n) is 4.38. The zero-order valence-electron chi connectivity index (χ0n) is 16.2. The number of rotatable bonds is 6. The largest absolute Gasteiger partial charge is 0.404 e. The average Bonchev–Trinajstić information content (AvgIpc) is 2.55. The number of hydrogen-bond donors (Lipinski definition) is 3. The van der Waals surface area contributed by atoms with Crippen LogP contribution in [0.25, 0.3) is 0 Å². The van der Waals surface area contributed by atoms with E-state index >= 15 is 0 Å². The Labute approximate surface area is 178 Å². The summed E-state index contributed by atoms with van der Waals surface area (Å²) in [5.41, 5.74) is 0.117. The lowest BCUT2D eigenvalue weighted by atomic mass is 9.35. The van der Waals surface area contributed by atoms with Crippen LogP contribution < -0.4 is 5.32 Å². The number of nitrogens with one attached hydrogen (secondary N) is 1. The Morgan fingerprint density at radius 1 is 1.04 bits per heavy atom. The van der Waals surface area contributed by atoms with Crippen molar-refractivity contribution in [2.24, 2.45) is 0 Å². The van der Waals surface area contributed by atoms with Crippen LogP contribution in [-0.2, 0) is 9.84 Å². The molecule has 3 N–H and O–H groups in total. The second-order valence-electron chi connectivity index (χ2n) is 7.91. The van der Waals surface area contributed by atoms with Crippen LogP contribution in [0, 0.1) is 0 Å². The van der Waals surface area contributed by atoms with Gasteiger partial charge in [-0.05, 0) is 23.7 Å². The summed E-state index contributed by atoms with van der Waals surface area (Å²) in [6.45, 7) is 0. The number of aromatic nitrogens is 2. The van der Waals surface area contributed by atoms with Gasteiger partial charge in [0.2, 0.25) is 15.1 Å². The van der Waals surface area contributed by atoms with Gasteiger partial charge in [-0.15, -0.1) is 0 Å². The van der Waals surface area contributed by atoms with Crippen molar-refractivity contribution in [2.75, 3.05) is 5.32 Å². The summed E-state index contributed by atoms with van der Waals surface area (Å²) in [4.78, 5) is 4.98. The molecule has 1 heterocycles. The summed E-state index contributed by atoms with van der Waals surface area (Å²) < 4.78 is 27.1. The minimum atomic E-state index is -4.47. The van der Waals surface area contributed by atoms with Crippen molar-refractivity contribution in [2.45, 2.75) is 20.3 Å². The molecule has 0 bridgehead atoms. The van der Waals surface area contributed by atoms with Gasteiger partial charge in [0.1, 0.15) is 20.7 Å². The molecule has 7 nitrogen and oxygen atoms in total. The molecule has 1 aromatic carbocycles. The Bertz CT molecular complexity index is 984.